The Morgan fingerprint density at radius 1 is 1.16 bits per heavy atom. The molecule has 1 unspecified atom stereocenters. The molecule has 13 heteroatoms. The number of likely N-dealkylation sites (N-methyl/N-ethyl adjacent to an activating group) is 1. The van der Waals surface area contributed by atoms with Gasteiger partial charge in [-0.05, 0) is 103 Å². The number of nitrogens with one attached hydrogen (secondary N) is 2. The lowest BCUT2D eigenvalue weighted by Gasteiger charge is -2.62. The molecule has 2 bridgehead atoms. The average Bonchev–Trinajstić information content (AvgIpc) is 3.47. The van der Waals surface area contributed by atoms with E-state index in [0.717, 1.165) is 28.8 Å². The predicted molar refractivity (Wildman–Crippen MR) is 221 cm³/mol. The van der Waals surface area contributed by atoms with Gasteiger partial charge in [0.25, 0.3) is 5.91 Å². The first-order valence-corrected chi connectivity index (χ1v) is 21.9. The molecule has 2 aromatic carbocycles. The van der Waals surface area contributed by atoms with Crippen molar-refractivity contribution in [2.24, 2.45) is 29.1 Å². The number of fused-ring (bicyclic) bond motifs is 2. The molecule has 4 aliphatic rings. The lowest BCUT2D eigenvalue weighted by molar-refractivity contribution is -0.183. The Labute approximate surface area is 328 Å². The van der Waals surface area contributed by atoms with Gasteiger partial charge in [-0.2, -0.15) is 5.06 Å². The maximum atomic E-state index is 14.3. The number of aliphatic hydroxyl groups excluding tert-OH is 2. The van der Waals surface area contributed by atoms with Crippen molar-refractivity contribution < 1.29 is 33.6 Å². The Balaban J connectivity index is 1.48. The number of carbonyl (C=O) groups excluding carboxylic acids is 2. The molecule has 4 N–H and O–H groups in total. The molecule has 3 saturated carbocycles. The Morgan fingerprint density at radius 2 is 1.87 bits per heavy atom. The van der Waals surface area contributed by atoms with Crippen molar-refractivity contribution in [2.75, 3.05) is 64.9 Å². The zero-order valence-electron chi connectivity index (χ0n) is 34.5. The van der Waals surface area contributed by atoms with E-state index in [9.17, 15) is 24.0 Å². The predicted octanol–water partition coefficient (Wildman–Crippen LogP) is 3.49. The summed E-state index contributed by atoms with van der Waals surface area (Å²) in [6.45, 7) is 11.1. The molecule has 0 aromatic heterocycles. The molecule has 10 atom stereocenters. The molecule has 1 aliphatic heterocycles. The van der Waals surface area contributed by atoms with Crippen molar-refractivity contribution in [3.05, 3.63) is 47.5 Å². The van der Waals surface area contributed by atoms with Gasteiger partial charge in [-0.15, -0.1) is 0 Å². The molecule has 4 fully saturated rings. The molecule has 2 aromatic rings. The van der Waals surface area contributed by atoms with Crippen molar-refractivity contribution in [2.45, 2.75) is 84.3 Å². The number of hydroxylamine groups is 2. The number of rotatable bonds is 16. The minimum absolute atomic E-state index is 0.0227. The van der Waals surface area contributed by atoms with Gasteiger partial charge in [-0.1, -0.05) is 39.0 Å². The van der Waals surface area contributed by atoms with E-state index >= 15 is 0 Å². The molecule has 2 amide bonds. The highest BCUT2D eigenvalue weighted by Crippen LogP contribution is 2.61. The van der Waals surface area contributed by atoms with Crippen molar-refractivity contribution in [1.29, 1.82) is 0 Å². The van der Waals surface area contributed by atoms with Crippen LogP contribution in [-0.4, -0.2) is 132 Å². The van der Waals surface area contributed by atoms with E-state index in [1.807, 2.05) is 81.3 Å². The number of para-hydroxylation sites is 1. The van der Waals surface area contributed by atoms with Crippen LogP contribution in [0.4, 0.5) is 5.69 Å². The Kier molecular flexibility index (Phi) is 13.4. The highest BCUT2D eigenvalue weighted by Gasteiger charge is 2.57. The molecule has 0 radical (unpaired) electrons. The normalized spacial score (nSPS) is 28.1. The maximum Gasteiger partial charge on any atom is 0.251 e. The summed E-state index contributed by atoms with van der Waals surface area (Å²) in [7, 11) is 5.27. The number of hydrogen-bond donors (Lipinski definition) is 4. The Morgan fingerprint density at radius 3 is 2.44 bits per heavy atom. The lowest BCUT2D eigenvalue weighted by atomic mass is 9.45. The number of nitrogens with zero attached hydrogens (tertiary/aromatic N) is 3. The summed E-state index contributed by atoms with van der Waals surface area (Å²) in [6.07, 6.45) is 2.02. The molecule has 1 saturated heterocycles. The number of aliphatic hydroxyl groups is 2. The van der Waals surface area contributed by atoms with E-state index in [4.69, 9.17) is 9.57 Å². The average molecular weight is 784 g/mol. The van der Waals surface area contributed by atoms with Gasteiger partial charge in [0, 0.05) is 67.0 Å². The summed E-state index contributed by atoms with van der Waals surface area (Å²) in [4.78, 5) is 38.3. The third-order valence-corrected chi connectivity index (χ3v) is 13.4. The smallest absolute Gasteiger partial charge is 0.251 e. The van der Waals surface area contributed by atoms with Gasteiger partial charge < -0.3 is 35.4 Å². The third kappa shape index (κ3) is 9.51. The van der Waals surface area contributed by atoms with Crippen LogP contribution < -0.4 is 20.3 Å². The summed E-state index contributed by atoms with van der Waals surface area (Å²) >= 11 is 0. The molecule has 6 rings (SSSR count). The standard InChI is InChI=1S/C42H65N5O7S/c1-12-53-39-27(21-47-38(37(26(3)49)36(23-48)54-47)41(51)44-35-20-30-19-34(25(35)2)42(30,4)5)14-13-15-33(39)28-16-29(18-32(17-28)46(8)9)40(50)43-31(22-45(6)7)24-55(10,11)52/h13-18,25-26,30-31,34-38,48-49H,10,12,19-24H2,1-9,11H3,(H,43,50)(H,44,51)/t25-,26-,30-,31+,34+,35-,36-,37+,38-,55?/m0/s1. The molecule has 55 heavy (non-hydrogen) atoms. The molecular formula is C42H65N5O7S. The van der Waals surface area contributed by atoms with Crippen LogP contribution in [0.2, 0.25) is 0 Å². The van der Waals surface area contributed by atoms with Crippen LogP contribution in [0, 0.1) is 29.1 Å². The van der Waals surface area contributed by atoms with Crippen LogP contribution in [0.3, 0.4) is 0 Å². The largest absolute Gasteiger partial charge is 0.493 e. The molecule has 12 nitrogen and oxygen atoms in total. The van der Waals surface area contributed by atoms with E-state index in [1.54, 1.807) is 18.2 Å². The second-order valence-electron chi connectivity index (χ2n) is 17.4. The van der Waals surface area contributed by atoms with Crippen LogP contribution in [-0.2, 0) is 25.7 Å². The second-order valence-corrected chi connectivity index (χ2v) is 20.1. The molecular weight excluding hydrogens is 719 g/mol. The molecule has 3 aliphatic carbocycles. The van der Waals surface area contributed by atoms with Crippen LogP contribution >= 0.6 is 0 Å². The van der Waals surface area contributed by atoms with Gasteiger partial charge in [0.15, 0.2) is 0 Å². The summed E-state index contributed by atoms with van der Waals surface area (Å²) in [6, 6.07) is 10.2. The van der Waals surface area contributed by atoms with Crippen LogP contribution in [0.25, 0.3) is 11.1 Å². The van der Waals surface area contributed by atoms with E-state index in [1.165, 1.54) is 6.42 Å². The van der Waals surface area contributed by atoms with Crippen molar-refractivity contribution in [3.8, 4) is 16.9 Å². The van der Waals surface area contributed by atoms with Crippen LogP contribution in [0.5, 0.6) is 5.75 Å². The van der Waals surface area contributed by atoms with Crippen LogP contribution in [0.15, 0.2) is 36.4 Å². The highest BCUT2D eigenvalue weighted by molar-refractivity contribution is 7.99. The first-order chi connectivity index (χ1) is 25.7. The summed E-state index contributed by atoms with van der Waals surface area (Å²) in [5, 5.41) is 29.4. The molecule has 0 spiro atoms. The van der Waals surface area contributed by atoms with E-state index in [0.29, 0.717) is 42.2 Å². The van der Waals surface area contributed by atoms with Gasteiger partial charge >= 0.3 is 0 Å². The first kappa shape index (κ1) is 42.9. The minimum Gasteiger partial charge on any atom is -0.493 e. The van der Waals surface area contributed by atoms with Crippen molar-refractivity contribution in [3.63, 3.8) is 0 Å². The zero-order valence-corrected chi connectivity index (χ0v) is 35.3. The number of anilines is 1. The molecule has 1 heterocycles. The minimum atomic E-state index is -2.37. The van der Waals surface area contributed by atoms with E-state index < -0.39 is 33.7 Å². The third-order valence-electron chi connectivity index (χ3n) is 12.3. The zero-order chi connectivity index (χ0) is 40.6. The number of carbonyl (C=O) groups is 2. The fourth-order valence-corrected chi connectivity index (χ4v) is 10.4. The monoisotopic (exact) mass is 783 g/mol. The Hall–Kier alpha value is -3.20. The van der Waals surface area contributed by atoms with Crippen molar-refractivity contribution in [1.82, 2.24) is 20.6 Å². The topological polar surface area (TPSA) is 144 Å². The van der Waals surface area contributed by atoms with Gasteiger partial charge in [-0.3, -0.25) is 18.6 Å². The number of hydrogen-bond acceptors (Lipinski definition) is 10. The van der Waals surface area contributed by atoms with Gasteiger partial charge in [0.1, 0.15) is 17.9 Å². The second kappa shape index (κ2) is 17.1. The number of amides is 2. The summed E-state index contributed by atoms with van der Waals surface area (Å²) in [5.74, 6) is 4.89. The first-order valence-electron chi connectivity index (χ1n) is 19.6. The fraction of sp³-hybridized carbons (Fsp3) is 0.643. The highest BCUT2D eigenvalue weighted by atomic mass is 32.2. The quantitative estimate of drug-likeness (QED) is 0.187. The van der Waals surface area contributed by atoms with Gasteiger partial charge in [0.05, 0.1) is 31.9 Å². The number of benzene rings is 2. The van der Waals surface area contributed by atoms with Crippen LogP contribution in [0.1, 0.15) is 63.4 Å². The SMILES string of the molecule is C=S(C)(=O)C[C@@H](CN(C)C)NC(=O)c1cc(-c2cccc(CN3O[C@@H](CO)[C@@H]([C@H](C)O)[C@H]3C(=O)N[C@H]3C[C@@H]4C[C@H]([C@@H]3C)C4(C)C)c2OCC)cc(N(C)C)c1. The summed E-state index contributed by atoms with van der Waals surface area (Å²) in [5.41, 5.74) is 3.76. The van der Waals surface area contributed by atoms with Gasteiger partial charge in [-0.25, -0.2) is 0 Å². The fourth-order valence-electron chi connectivity index (χ4n) is 9.33. The Bertz CT molecular complexity index is 1800. The van der Waals surface area contributed by atoms with E-state index in [-0.39, 0.29) is 48.2 Å². The lowest BCUT2D eigenvalue weighted by Crippen LogP contribution is -2.62. The van der Waals surface area contributed by atoms with E-state index in [2.05, 4.69) is 37.3 Å². The summed E-state index contributed by atoms with van der Waals surface area (Å²) < 4.78 is 19.0. The van der Waals surface area contributed by atoms with Gasteiger partial charge in [0.2, 0.25) is 5.91 Å². The maximum absolute atomic E-state index is 14.3. The molecule has 306 valence electrons. The number of ether oxygens (including phenoxy) is 1. The van der Waals surface area contributed by atoms with Crippen molar-refractivity contribution >= 4 is 32.9 Å².